The third-order valence-corrected chi connectivity index (χ3v) is 4.06. The summed E-state index contributed by atoms with van der Waals surface area (Å²) in [6.45, 7) is 3.72. The average Bonchev–Trinajstić information content (AvgIpc) is 2.45. The summed E-state index contributed by atoms with van der Waals surface area (Å²) in [6.07, 6.45) is 4.21. The average molecular weight is 292 g/mol. The van der Waals surface area contributed by atoms with Crippen molar-refractivity contribution in [1.29, 1.82) is 0 Å². The van der Waals surface area contributed by atoms with E-state index in [-0.39, 0.29) is 11.7 Å². The van der Waals surface area contributed by atoms with Crippen molar-refractivity contribution < 1.29 is 14.0 Å². The Hall–Kier alpha value is -1.91. The number of carbonyl (C=O) groups excluding carboxylic acids is 2. The van der Waals surface area contributed by atoms with Crippen LogP contribution in [0.2, 0.25) is 0 Å². The second-order valence-electron chi connectivity index (χ2n) is 5.76. The molecule has 1 aromatic carbocycles. The van der Waals surface area contributed by atoms with Crippen LogP contribution >= 0.6 is 0 Å². The van der Waals surface area contributed by atoms with E-state index in [1.807, 2.05) is 0 Å². The first-order chi connectivity index (χ1) is 9.97. The molecule has 2 N–H and O–H groups in total. The third kappa shape index (κ3) is 4.03. The molecule has 114 valence electrons. The van der Waals surface area contributed by atoms with Gasteiger partial charge in [-0.1, -0.05) is 25.8 Å². The Labute approximate surface area is 124 Å². The van der Waals surface area contributed by atoms with Gasteiger partial charge in [0.05, 0.1) is 0 Å². The van der Waals surface area contributed by atoms with E-state index in [2.05, 4.69) is 17.6 Å². The number of rotatable bonds is 2. The molecule has 2 rings (SSSR count). The molecule has 1 aromatic rings. The summed E-state index contributed by atoms with van der Waals surface area (Å²) in [4.78, 5) is 23.7. The second-order valence-corrected chi connectivity index (χ2v) is 5.76. The van der Waals surface area contributed by atoms with E-state index < -0.39 is 17.6 Å². The molecule has 21 heavy (non-hydrogen) atoms. The number of carbonyl (C=O) groups is 2. The van der Waals surface area contributed by atoms with Gasteiger partial charge in [-0.05, 0) is 43.4 Å². The van der Waals surface area contributed by atoms with Crippen LogP contribution in [0.15, 0.2) is 18.2 Å². The van der Waals surface area contributed by atoms with E-state index in [4.69, 9.17) is 0 Å². The predicted molar refractivity (Wildman–Crippen MR) is 79.3 cm³/mol. The molecule has 5 heteroatoms. The number of amides is 2. The van der Waals surface area contributed by atoms with E-state index in [9.17, 15) is 14.0 Å². The van der Waals surface area contributed by atoms with Crippen molar-refractivity contribution in [2.24, 2.45) is 5.92 Å². The van der Waals surface area contributed by atoms with Crippen LogP contribution < -0.4 is 10.6 Å². The molecule has 2 amide bonds. The van der Waals surface area contributed by atoms with Gasteiger partial charge < -0.3 is 10.6 Å². The molecular formula is C16H21FN2O2. The van der Waals surface area contributed by atoms with E-state index in [0.717, 1.165) is 19.3 Å². The van der Waals surface area contributed by atoms with Gasteiger partial charge in [0.25, 0.3) is 0 Å². The summed E-state index contributed by atoms with van der Waals surface area (Å²) in [5, 5.41) is 5.19. The van der Waals surface area contributed by atoms with Crippen LogP contribution in [0, 0.1) is 18.7 Å². The minimum absolute atomic E-state index is 0.0479. The lowest BCUT2D eigenvalue weighted by Crippen LogP contribution is -2.45. The van der Waals surface area contributed by atoms with Crippen LogP contribution in [-0.2, 0) is 9.59 Å². The molecule has 1 aliphatic carbocycles. The molecular weight excluding hydrogens is 271 g/mol. The van der Waals surface area contributed by atoms with Gasteiger partial charge in [0, 0.05) is 11.7 Å². The Kier molecular flexibility index (Phi) is 4.94. The van der Waals surface area contributed by atoms with Gasteiger partial charge in [-0.25, -0.2) is 4.39 Å². The van der Waals surface area contributed by atoms with Crippen LogP contribution in [0.5, 0.6) is 0 Å². The highest BCUT2D eigenvalue weighted by Gasteiger charge is 2.25. The predicted octanol–water partition coefficient (Wildman–Crippen LogP) is 2.77. The Morgan fingerprint density at radius 1 is 1.19 bits per heavy atom. The summed E-state index contributed by atoms with van der Waals surface area (Å²) < 4.78 is 13.4. The molecule has 0 aliphatic heterocycles. The van der Waals surface area contributed by atoms with Crippen molar-refractivity contribution in [1.82, 2.24) is 5.32 Å². The fourth-order valence-corrected chi connectivity index (χ4v) is 2.62. The Morgan fingerprint density at radius 3 is 2.57 bits per heavy atom. The summed E-state index contributed by atoms with van der Waals surface area (Å²) in [5.74, 6) is -1.44. The molecule has 1 aliphatic rings. The van der Waals surface area contributed by atoms with E-state index in [1.165, 1.54) is 12.5 Å². The van der Waals surface area contributed by atoms with E-state index >= 15 is 0 Å². The number of nitrogens with one attached hydrogen (secondary N) is 2. The number of hydrogen-bond acceptors (Lipinski definition) is 2. The lowest BCUT2D eigenvalue weighted by molar-refractivity contribution is -0.137. The molecule has 0 spiro atoms. The first kappa shape index (κ1) is 15.5. The highest BCUT2D eigenvalue weighted by atomic mass is 19.1. The van der Waals surface area contributed by atoms with Crippen molar-refractivity contribution in [3.8, 4) is 0 Å². The van der Waals surface area contributed by atoms with Crippen molar-refractivity contribution in [2.75, 3.05) is 5.32 Å². The monoisotopic (exact) mass is 292 g/mol. The summed E-state index contributed by atoms with van der Waals surface area (Å²) in [6, 6.07) is 4.40. The molecule has 0 unspecified atom stereocenters. The largest absolute Gasteiger partial charge is 0.345 e. The van der Waals surface area contributed by atoms with Crippen LogP contribution in [0.25, 0.3) is 0 Å². The van der Waals surface area contributed by atoms with Crippen LogP contribution in [0.4, 0.5) is 10.1 Å². The Morgan fingerprint density at radius 2 is 1.90 bits per heavy atom. The van der Waals surface area contributed by atoms with Crippen molar-refractivity contribution >= 4 is 17.5 Å². The minimum Gasteiger partial charge on any atom is -0.345 e. The van der Waals surface area contributed by atoms with Crippen LogP contribution in [0.1, 0.15) is 38.2 Å². The van der Waals surface area contributed by atoms with Crippen LogP contribution in [-0.4, -0.2) is 17.9 Å². The lowest BCUT2D eigenvalue weighted by atomic mass is 9.86. The molecule has 0 radical (unpaired) electrons. The maximum absolute atomic E-state index is 13.4. The van der Waals surface area contributed by atoms with Crippen molar-refractivity contribution in [3.05, 3.63) is 29.6 Å². The summed E-state index contributed by atoms with van der Waals surface area (Å²) >= 11 is 0. The van der Waals surface area contributed by atoms with Gasteiger partial charge in [-0.15, -0.1) is 0 Å². The smallest absolute Gasteiger partial charge is 0.313 e. The first-order valence-electron chi connectivity index (χ1n) is 7.35. The van der Waals surface area contributed by atoms with E-state index in [1.54, 1.807) is 19.1 Å². The third-order valence-electron chi connectivity index (χ3n) is 4.06. The molecule has 0 bridgehead atoms. The maximum atomic E-state index is 13.4. The molecule has 4 nitrogen and oxygen atoms in total. The fraction of sp³-hybridized carbons (Fsp3) is 0.500. The SMILES string of the molecule is Cc1ccc(NC(=O)C(=O)N[C@H]2CCCC[C@H]2C)cc1F. The standard InChI is InChI=1S/C16H21FN2O2/c1-10-7-8-12(9-13(10)17)18-15(20)16(21)19-14-6-4-3-5-11(14)2/h7-9,11,14H,3-6H2,1-2H3,(H,18,20)(H,19,21)/t11-,14+/m1/s1. The van der Waals surface area contributed by atoms with Gasteiger partial charge in [0.2, 0.25) is 0 Å². The van der Waals surface area contributed by atoms with Crippen molar-refractivity contribution in [3.63, 3.8) is 0 Å². The highest BCUT2D eigenvalue weighted by molar-refractivity contribution is 6.39. The number of hydrogen-bond donors (Lipinski definition) is 2. The molecule has 0 saturated heterocycles. The lowest BCUT2D eigenvalue weighted by Gasteiger charge is -2.29. The minimum atomic E-state index is -0.754. The van der Waals surface area contributed by atoms with Gasteiger partial charge in [0.15, 0.2) is 0 Å². The number of benzene rings is 1. The Balaban J connectivity index is 1.93. The zero-order valence-corrected chi connectivity index (χ0v) is 12.4. The van der Waals surface area contributed by atoms with Crippen LogP contribution in [0.3, 0.4) is 0 Å². The van der Waals surface area contributed by atoms with Gasteiger partial charge in [-0.3, -0.25) is 9.59 Å². The summed E-state index contributed by atoms with van der Waals surface area (Å²) in [7, 11) is 0. The summed E-state index contributed by atoms with van der Waals surface area (Å²) in [5.41, 5.74) is 0.781. The first-order valence-corrected chi connectivity index (χ1v) is 7.35. The molecule has 0 aromatic heterocycles. The Bertz CT molecular complexity index is 545. The molecule has 1 fully saturated rings. The highest BCUT2D eigenvalue weighted by Crippen LogP contribution is 2.23. The zero-order chi connectivity index (χ0) is 15.4. The molecule has 0 heterocycles. The maximum Gasteiger partial charge on any atom is 0.313 e. The quantitative estimate of drug-likeness (QED) is 0.823. The fourth-order valence-electron chi connectivity index (χ4n) is 2.62. The number of anilines is 1. The molecule has 1 saturated carbocycles. The topological polar surface area (TPSA) is 58.2 Å². The van der Waals surface area contributed by atoms with E-state index in [0.29, 0.717) is 11.5 Å². The number of halogens is 1. The normalized spacial score (nSPS) is 21.7. The second kappa shape index (κ2) is 6.70. The van der Waals surface area contributed by atoms with Gasteiger partial charge in [-0.2, -0.15) is 0 Å². The van der Waals surface area contributed by atoms with Crippen molar-refractivity contribution in [2.45, 2.75) is 45.6 Å². The van der Waals surface area contributed by atoms with Gasteiger partial charge >= 0.3 is 11.8 Å². The zero-order valence-electron chi connectivity index (χ0n) is 12.4. The molecule has 2 atom stereocenters. The number of aryl methyl sites for hydroxylation is 1. The van der Waals surface area contributed by atoms with Gasteiger partial charge in [0.1, 0.15) is 5.82 Å².